The Hall–Kier alpha value is -3.15. The summed E-state index contributed by atoms with van der Waals surface area (Å²) in [6.45, 7) is 6.45. The lowest BCUT2D eigenvalue weighted by Crippen LogP contribution is -2.30. The number of hydrogen-bond donors (Lipinski definition) is 0. The van der Waals surface area contributed by atoms with Crippen LogP contribution in [0.3, 0.4) is 0 Å². The van der Waals surface area contributed by atoms with Gasteiger partial charge in [-0.15, -0.1) is 0 Å². The Bertz CT molecular complexity index is 1100. The molecule has 1 atom stereocenters. The summed E-state index contributed by atoms with van der Waals surface area (Å²) in [6, 6.07) is 0. The smallest absolute Gasteiger partial charge is 0.306 e. The van der Waals surface area contributed by atoms with Crippen molar-refractivity contribution in [3.63, 3.8) is 0 Å². The fraction of sp³-hybridized carbons (Fsp3) is 0.706. The molecule has 0 saturated heterocycles. The predicted octanol–water partition coefficient (Wildman–Crippen LogP) is 15.1. The van der Waals surface area contributed by atoms with Crippen LogP contribution in [0.5, 0.6) is 0 Å². The SMILES string of the molecule is CCCC/C=C\C=C/CCCCCC(=O)OC(COC(=O)CCCCCC/C=C\CCCC)COC(=O)CCCCCCC\C=C/C=C\C=C/CCCCCCC. The van der Waals surface area contributed by atoms with Gasteiger partial charge in [-0.3, -0.25) is 14.4 Å². The fourth-order valence-corrected chi connectivity index (χ4v) is 6.11. The summed E-state index contributed by atoms with van der Waals surface area (Å²) >= 11 is 0. The van der Waals surface area contributed by atoms with Gasteiger partial charge in [0.1, 0.15) is 13.2 Å². The van der Waals surface area contributed by atoms with Crippen LogP contribution in [0.1, 0.15) is 213 Å². The quantitative estimate of drug-likeness (QED) is 0.0202. The first kappa shape index (κ1) is 53.9. The molecule has 0 amide bonds. The van der Waals surface area contributed by atoms with Crippen LogP contribution in [0.25, 0.3) is 0 Å². The second-order valence-corrected chi connectivity index (χ2v) is 15.4. The molecule has 0 radical (unpaired) electrons. The molecule has 0 aliphatic heterocycles. The van der Waals surface area contributed by atoms with E-state index in [1.807, 2.05) is 0 Å². The van der Waals surface area contributed by atoms with E-state index in [9.17, 15) is 14.4 Å². The molecule has 0 fully saturated rings. The Morgan fingerprint density at radius 3 is 1.12 bits per heavy atom. The lowest BCUT2D eigenvalue weighted by Gasteiger charge is -2.18. The van der Waals surface area contributed by atoms with Crippen LogP contribution in [0.2, 0.25) is 0 Å². The van der Waals surface area contributed by atoms with Crippen molar-refractivity contribution < 1.29 is 28.6 Å². The van der Waals surface area contributed by atoms with E-state index in [4.69, 9.17) is 14.2 Å². The minimum atomic E-state index is -0.799. The standard InChI is InChI=1S/C51H86O6/c1-4-7-10-13-16-19-22-23-24-25-26-27-28-30-32-35-38-41-44-50(53)56-47-48(46-55-49(52)43-40-37-34-31-21-18-15-12-9-6-3)57-51(54)45-42-39-36-33-29-20-17-14-11-8-5-2/h14-15,17-18,20,22-27,29,48H,4-13,16,19,21,28,30-47H2,1-3H3/b17-14-,18-15-,23-22-,25-24-,27-26-,29-20-. The maximum Gasteiger partial charge on any atom is 0.306 e. The highest BCUT2D eigenvalue weighted by atomic mass is 16.6. The van der Waals surface area contributed by atoms with Gasteiger partial charge in [0.15, 0.2) is 6.10 Å². The van der Waals surface area contributed by atoms with Crippen molar-refractivity contribution in [1.82, 2.24) is 0 Å². The first-order valence-corrected chi connectivity index (χ1v) is 23.5. The van der Waals surface area contributed by atoms with E-state index in [0.717, 1.165) is 116 Å². The molecule has 6 heteroatoms. The van der Waals surface area contributed by atoms with Crippen LogP contribution in [-0.4, -0.2) is 37.2 Å². The van der Waals surface area contributed by atoms with Crippen LogP contribution < -0.4 is 0 Å². The van der Waals surface area contributed by atoms with E-state index < -0.39 is 6.10 Å². The first-order valence-electron chi connectivity index (χ1n) is 23.5. The Labute approximate surface area is 351 Å². The topological polar surface area (TPSA) is 78.9 Å². The van der Waals surface area contributed by atoms with E-state index >= 15 is 0 Å². The van der Waals surface area contributed by atoms with E-state index in [-0.39, 0.29) is 37.5 Å². The Kier molecular flexibility index (Phi) is 43.0. The molecular weight excluding hydrogens is 709 g/mol. The molecule has 0 aliphatic carbocycles. The summed E-state index contributed by atoms with van der Waals surface area (Å²) in [5.41, 5.74) is 0. The van der Waals surface area contributed by atoms with Crippen molar-refractivity contribution in [3.8, 4) is 0 Å². The lowest BCUT2D eigenvalue weighted by molar-refractivity contribution is -0.167. The molecule has 57 heavy (non-hydrogen) atoms. The largest absolute Gasteiger partial charge is 0.462 e. The highest BCUT2D eigenvalue weighted by molar-refractivity contribution is 5.71. The number of ether oxygens (including phenoxy) is 3. The van der Waals surface area contributed by atoms with Crippen LogP contribution in [0.15, 0.2) is 72.9 Å². The van der Waals surface area contributed by atoms with Gasteiger partial charge in [0.2, 0.25) is 0 Å². The van der Waals surface area contributed by atoms with Crippen LogP contribution in [-0.2, 0) is 28.6 Å². The third-order valence-corrected chi connectivity index (χ3v) is 9.74. The second-order valence-electron chi connectivity index (χ2n) is 15.4. The third kappa shape index (κ3) is 43.8. The van der Waals surface area contributed by atoms with Crippen LogP contribution in [0.4, 0.5) is 0 Å². The average Bonchev–Trinajstić information content (AvgIpc) is 3.21. The molecule has 326 valence electrons. The first-order chi connectivity index (χ1) is 28.0. The molecule has 0 rings (SSSR count). The minimum absolute atomic E-state index is 0.100. The summed E-state index contributed by atoms with van der Waals surface area (Å²) in [5.74, 6) is -0.967. The van der Waals surface area contributed by atoms with Gasteiger partial charge in [-0.25, -0.2) is 0 Å². The van der Waals surface area contributed by atoms with Crippen molar-refractivity contribution >= 4 is 17.9 Å². The van der Waals surface area contributed by atoms with Gasteiger partial charge in [-0.05, 0) is 83.5 Å². The van der Waals surface area contributed by atoms with Gasteiger partial charge in [0, 0.05) is 19.3 Å². The molecule has 0 aromatic carbocycles. The summed E-state index contributed by atoms with van der Waals surface area (Å²) in [5, 5.41) is 0. The molecule has 0 aromatic rings. The van der Waals surface area contributed by atoms with Gasteiger partial charge >= 0.3 is 17.9 Å². The van der Waals surface area contributed by atoms with Crippen molar-refractivity contribution in [1.29, 1.82) is 0 Å². The normalized spacial score (nSPS) is 12.7. The molecule has 0 spiro atoms. The summed E-state index contributed by atoms with van der Waals surface area (Å²) < 4.78 is 16.6. The van der Waals surface area contributed by atoms with Gasteiger partial charge in [-0.1, -0.05) is 184 Å². The third-order valence-electron chi connectivity index (χ3n) is 9.74. The van der Waals surface area contributed by atoms with Crippen molar-refractivity contribution in [2.75, 3.05) is 13.2 Å². The zero-order valence-corrected chi connectivity index (χ0v) is 37.1. The molecule has 6 nitrogen and oxygen atoms in total. The number of carbonyl (C=O) groups excluding carboxylic acids is 3. The molecule has 0 heterocycles. The Morgan fingerprint density at radius 2 is 0.667 bits per heavy atom. The second kappa shape index (κ2) is 45.6. The molecule has 0 aromatic heterocycles. The highest BCUT2D eigenvalue weighted by Crippen LogP contribution is 2.12. The van der Waals surface area contributed by atoms with Crippen LogP contribution >= 0.6 is 0 Å². The van der Waals surface area contributed by atoms with Crippen molar-refractivity contribution in [2.24, 2.45) is 0 Å². The summed E-state index contributed by atoms with van der Waals surface area (Å²) in [7, 11) is 0. The zero-order valence-electron chi connectivity index (χ0n) is 37.1. The van der Waals surface area contributed by atoms with Gasteiger partial charge in [0.05, 0.1) is 0 Å². The lowest BCUT2D eigenvalue weighted by atomic mass is 10.1. The Balaban J connectivity index is 4.42. The van der Waals surface area contributed by atoms with Gasteiger partial charge in [-0.2, -0.15) is 0 Å². The number of rotatable bonds is 41. The van der Waals surface area contributed by atoms with E-state index in [0.29, 0.717) is 12.8 Å². The summed E-state index contributed by atoms with van der Waals surface area (Å²) in [6.07, 6.45) is 56.0. The van der Waals surface area contributed by atoms with E-state index in [1.165, 1.54) is 57.8 Å². The summed E-state index contributed by atoms with van der Waals surface area (Å²) in [4.78, 5) is 37.7. The van der Waals surface area contributed by atoms with Crippen molar-refractivity contribution in [3.05, 3.63) is 72.9 Å². The monoisotopic (exact) mass is 795 g/mol. The molecular formula is C51H86O6. The maximum atomic E-state index is 12.7. The molecule has 0 aliphatic rings. The number of unbranched alkanes of at least 4 members (excludes halogenated alkanes) is 21. The van der Waals surface area contributed by atoms with Crippen molar-refractivity contribution in [2.45, 2.75) is 219 Å². The number of esters is 3. The van der Waals surface area contributed by atoms with E-state index in [2.05, 4.69) is 93.7 Å². The number of carbonyl (C=O) groups is 3. The minimum Gasteiger partial charge on any atom is -0.462 e. The molecule has 0 bridgehead atoms. The highest BCUT2D eigenvalue weighted by Gasteiger charge is 2.19. The Morgan fingerprint density at radius 1 is 0.351 bits per heavy atom. The molecule has 0 saturated carbocycles. The maximum absolute atomic E-state index is 12.7. The van der Waals surface area contributed by atoms with E-state index in [1.54, 1.807) is 0 Å². The number of hydrogen-bond acceptors (Lipinski definition) is 6. The average molecular weight is 795 g/mol. The zero-order chi connectivity index (χ0) is 41.5. The fourth-order valence-electron chi connectivity index (χ4n) is 6.11. The van der Waals surface area contributed by atoms with Crippen LogP contribution in [0, 0.1) is 0 Å². The van der Waals surface area contributed by atoms with Gasteiger partial charge < -0.3 is 14.2 Å². The predicted molar refractivity (Wildman–Crippen MR) is 242 cm³/mol. The molecule has 1 unspecified atom stereocenters. The van der Waals surface area contributed by atoms with Gasteiger partial charge in [0.25, 0.3) is 0 Å². The molecule has 0 N–H and O–H groups in total. The number of allylic oxidation sites excluding steroid dienone is 12.